The van der Waals surface area contributed by atoms with Gasteiger partial charge in [-0.15, -0.1) is 24.0 Å². The minimum atomic E-state index is 0. The van der Waals surface area contributed by atoms with Crippen LogP contribution in [0, 0.1) is 0 Å². The van der Waals surface area contributed by atoms with E-state index in [-0.39, 0.29) is 24.0 Å². The molecule has 1 aromatic heterocycles. The molecule has 0 radical (unpaired) electrons. The monoisotopic (exact) mass is 419 g/mol. The Balaban J connectivity index is 0.00000242. The van der Waals surface area contributed by atoms with Crippen molar-refractivity contribution in [3.8, 4) is 0 Å². The third-order valence-corrected chi connectivity index (χ3v) is 4.36. The van der Waals surface area contributed by atoms with Gasteiger partial charge in [0.25, 0.3) is 0 Å². The Morgan fingerprint density at radius 2 is 1.77 bits per heavy atom. The molecule has 0 unspecified atom stereocenters. The molecule has 0 saturated carbocycles. The number of aliphatic imine (C=N–C) groups is 1. The summed E-state index contributed by atoms with van der Waals surface area (Å²) in [7, 11) is 2.02. The first-order chi connectivity index (χ1) is 10.2. The van der Waals surface area contributed by atoms with Gasteiger partial charge in [0.2, 0.25) is 0 Å². The normalized spacial score (nSPS) is 16.3. The zero-order valence-electron chi connectivity index (χ0n) is 14.1. The van der Waals surface area contributed by atoms with Crippen molar-refractivity contribution in [2.45, 2.75) is 58.9 Å². The van der Waals surface area contributed by atoms with Crippen LogP contribution in [0.1, 0.15) is 56.5 Å². The number of nitrogens with zero attached hydrogens (tertiary/aromatic N) is 4. The highest BCUT2D eigenvalue weighted by atomic mass is 127. The Hall–Kier alpha value is -0.790. The number of rotatable bonds is 4. The quantitative estimate of drug-likeness (QED) is 0.464. The van der Waals surface area contributed by atoms with E-state index >= 15 is 0 Å². The van der Waals surface area contributed by atoms with E-state index in [1.807, 2.05) is 11.7 Å². The zero-order valence-corrected chi connectivity index (χ0v) is 16.5. The molecule has 0 aromatic carbocycles. The largest absolute Gasteiger partial charge is 0.370 e. The fourth-order valence-electron chi connectivity index (χ4n) is 3.13. The van der Waals surface area contributed by atoms with E-state index in [4.69, 9.17) is 5.73 Å². The van der Waals surface area contributed by atoms with Crippen molar-refractivity contribution in [2.75, 3.05) is 13.1 Å². The molecule has 2 rings (SSSR count). The second kappa shape index (κ2) is 9.37. The van der Waals surface area contributed by atoms with Gasteiger partial charge in [-0.1, -0.05) is 26.7 Å². The molecule has 0 atom stereocenters. The molecule has 0 bridgehead atoms. The van der Waals surface area contributed by atoms with E-state index in [1.165, 1.54) is 36.9 Å². The summed E-state index contributed by atoms with van der Waals surface area (Å²) in [5, 5.41) is 4.60. The van der Waals surface area contributed by atoms with Gasteiger partial charge in [-0.25, -0.2) is 4.99 Å². The van der Waals surface area contributed by atoms with Crippen LogP contribution in [0.25, 0.3) is 0 Å². The molecule has 6 heteroatoms. The molecule has 2 heterocycles. The zero-order chi connectivity index (χ0) is 15.2. The summed E-state index contributed by atoms with van der Waals surface area (Å²) in [5.74, 6) is 0.699. The lowest BCUT2D eigenvalue weighted by molar-refractivity contribution is 0.428. The van der Waals surface area contributed by atoms with Gasteiger partial charge in [-0.05, 0) is 25.7 Å². The second-order valence-corrected chi connectivity index (χ2v) is 5.78. The van der Waals surface area contributed by atoms with Crippen LogP contribution in [0.15, 0.2) is 4.99 Å². The molecule has 1 aliphatic heterocycles. The van der Waals surface area contributed by atoms with Crippen LogP contribution in [0.2, 0.25) is 0 Å². The smallest absolute Gasteiger partial charge is 0.191 e. The van der Waals surface area contributed by atoms with E-state index < -0.39 is 0 Å². The lowest BCUT2D eigenvalue weighted by atomic mass is 10.1. The van der Waals surface area contributed by atoms with Crippen molar-refractivity contribution in [3.05, 3.63) is 17.0 Å². The number of nitrogens with two attached hydrogens (primary N) is 1. The van der Waals surface area contributed by atoms with Crippen LogP contribution in [0.5, 0.6) is 0 Å². The van der Waals surface area contributed by atoms with E-state index in [0.29, 0.717) is 12.5 Å². The fourth-order valence-corrected chi connectivity index (χ4v) is 3.13. The summed E-state index contributed by atoms with van der Waals surface area (Å²) >= 11 is 0. The van der Waals surface area contributed by atoms with Gasteiger partial charge in [0.15, 0.2) is 5.96 Å². The van der Waals surface area contributed by atoms with Crippen molar-refractivity contribution >= 4 is 29.9 Å². The van der Waals surface area contributed by atoms with Crippen molar-refractivity contribution in [1.29, 1.82) is 0 Å². The van der Waals surface area contributed by atoms with Gasteiger partial charge in [0, 0.05) is 31.4 Å². The number of halogens is 1. The SMILES string of the molecule is CCc1nn(C)c(CC)c1CN=C(N)N1CCCCCC1.I. The van der Waals surface area contributed by atoms with Crippen molar-refractivity contribution in [3.63, 3.8) is 0 Å². The summed E-state index contributed by atoms with van der Waals surface area (Å²) in [6.07, 6.45) is 7.01. The maximum Gasteiger partial charge on any atom is 0.191 e. The number of guanidine groups is 1. The summed E-state index contributed by atoms with van der Waals surface area (Å²) in [6, 6.07) is 0. The minimum absolute atomic E-state index is 0. The second-order valence-electron chi connectivity index (χ2n) is 5.78. The lowest BCUT2D eigenvalue weighted by Crippen LogP contribution is -2.38. The summed E-state index contributed by atoms with van der Waals surface area (Å²) in [5.41, 5.74) is 9.90. The van der Waals surface area contributed by atoms with Crippen molar-refractivity contribution < 1.29 is 0 Å². The predicted octanol–water partition coefficient (Wildman–Crippen LogP) is 2.85. The number of hydrogen-bond donors (Lipinski definition) is 1. The highest BCUT2D eigenvalue weighted by Crippen LogP contribution is 2.17. The number of likely N-dealkylation sites (tertiary alicyclic amines) is 1. The maximum absolute atomic E-state index is 6.20. The first kappa shape index (κ1) is 19.3. The molecular weight excluding hydrogens is 389 g/mol. The first-order valence-electron chi connectivity index (χ1n) is 8.25. The molecule has 22 heavy (non-hydrogen) atoms. The molecular formula is C16H30IN5. The van der Waals surface area contributed by atoms with E-state index in [1.54, 1.807) is 0 Å². The Kier molecular flexibility index (Phi) is 8.20. The molecule has 1 aromatic rings. The highest BCUT2D eigenvalue weighted by Gasteiger charge is 2.15. The molecule has 1 saturated heterocycles. The summed E-state index contributed by atoms with van der Waals surface area (Å²) in [4.78, 5) is 6.89. The molecule has 5 nitrogen and oxygen atoms in total. The average molecular weight is 419 g/mol. The van der Waals surface area contributed by atoms with Crippen LogP contribution in [0.4, 0.5) is 0 Å². The van der Waals surface area contributed by atoms with Crippen LogP contribution < -0.4 is 5.73 Å². The lowest BCUT2D eigenvalue weighted by Gasteiger charge is -2.21. The highest BCUT2D eigenvalue weighted by molar-refractivity contribution is 14.0. The Morgan fingerprint density at radius 3 is 2.32 bits per heavy atom. The van der Waals surface area contributed by atoms with Gasteiger partial charge >= 0.3 is 0 Å². The van der Waals surface area contributed by atoms with E-state index in [2.05, 4.69) is 28.8 Å². The van der Waals surface area contributed by atoms with Crippen LogP contribution in [-0.4, -0.2) is 33.7 Å². The number of aryl methyl sites for hydroxylation is 2. The van der Waals surface area contributed by atoms with Gasteiger partial charge in [0.1, 0.15) is 0 Å². The van der Waals surface area contributed by atoms with E-state index in [0.717, 1.165) is 31.6 Å². The molecule has 2 N–H and O–H groups in total. The minimum Gasteiger partial charge on any atom is -0.370 e. The third-order valence-electron chi connectivity index (χ3n) is 4.36. The molecule has 0 amide bonds. The molecule has 1 aliphatic rings. The molecule has 126 valence electrons. The van der Waals surface area contributed by atoms with Gasteiger partial charge in [0.05, 0.1) is 12.2 Å². The summed E-state index contributed by atoms with van der Waals surface area (Å²) in [6.45, 7) is 7.06. The van der Waals surface area contributed by atoms with Gasteiger partial charge in [-0.2, -0.15) is 5.10 Å². The third kappa shape index (κ3) is 4.60. The Bertz CT molecular complexity index is 487. The molecule has 0 aliphatic carbocycles. The topological polar surface area (TPSA) is 59.4 Å². The van der Waals surface area contributed by atoms with E-state index in [9.17, 15) is 0 Å². The maximum atomic E-state index is 6.20. The standard InChI is InChI=1S/C16H29N5.HI/c1-4-14-13(15(5-2)20(3)19-14)12-18-16(17)21-10-8-6-7-9-11-21;/h4-12H2,1-3H3,(H2,17,18);1H. The predicted molar refractivity (Wildman–Crippen MR) is 103 cm³/mol. The summed E-state index contributed by atoms with van der Waals surface area (Å²) < 4.78 is 1.99. The number of aromatic nitrogens is 2. The van der Waals surface area contributed by atoms with Crippen LogP contribution in [-0.2, 0) is 26.4 Å². The van der Waals surface area contributed by atoms with Crippen LogP contribution in [0.3, 0.4) is 0 Å². The van der Waals surface area contributed by atoms with Gasteiger partial charge < -0.3 is 10.6 Å². The fraction of sp³-hybridized carbons (Fsp3) is 0.750. The first-order valence-corrected chi connectivity index (χ1v) is 8.25. The average Bonchev–Trinajstić information content (AvgIpc) is 2.68. The van der Waals surface area contributed by atoms with Crippen molar-refractivity contribution in [1.82, 2.24) is 14.7 Å². The Morgan fingerprint density at radius 1 is 1.14 bits per heavy atom. The molecule has 1 fully saturated rings. The molecule has 0 spiro atoms. The Labute approximate surface area is 151 Å². The van der Waals surface area contributed by atoms with Gasteiger partial charge in [-0.3, -0.25) is 4.68 Å². The van der Waals surface area contributed by atoms with Crippen LogP contribution >= 0.6 is 24.0 Å². The number of hydrogen-bond acceptors (Lipinski definition) is 2. The van der Waals surface area contributed by atoms with Crippen molar-refractivity contribution in [2.24, 2.45) is 17.8 Å².